The van der Waals surface area contributed by atoms with E-state index in [0.29, 0.717) is 22.0 Å². The highest BCUT2D eigenvalue weighted by atomic mass is 35.5. The second-order valence-electron chi connectivity index (χ2n) is 4.45. The molecular formula is C14H17ClF2N2. The van der Waals surface area contributed by atoms with Crippen molar-refractivity contribution in [1.82, 2.24) is 0 Å². The Bertz CT molecular complexity index is 543. The second-order valence-corrected chi connectivity index (χ2v) is 4.81. The number of anilines is 1. The Balaban J connectivity index is 3.43. The number of hydrogen-bond acceptors (Lipinski definition) is 2. The highest BCUT2D eigenvalue weighted by Crippen LogP contribution is 2.33. The predicted molar refractivity (Wildman–Crippen MR) is 77.9 cm³/mol. The van der Waals surface area contributed by atoms with Crippen molar-refractivity contribution in [2.45, 2.75) is 26.7 Å². The summed E-state index contributed by atoms with van der Waals surface area (Å²) in [5, 5.41) is 0.338. The summed E-state index contributed by atoms with van der Waals surface area (Å²) in [6, 6.07) is 4.21. The van der Waals surface area contributed by atoms with Crippen LogP contribution in [0.25, 0.3) is 5.57 Å². The lowest BCUT2D eigenvalue weighted by Crippen LogP contribution is -2.08. The average molecular weight is 287 g/mol. The Kier molecular flexibility index (Phi) is 4.69. The van der Waals surface area contributed by atoms with Crippen molar-refractivity contribution in [2.75, 3.05) is 12.8 Å². The molecule has 2 N–H and O–H groups in total. The molecule has 1 aromatic carbocycles. The molecule has 0 spiro atoms. The van der Waals surface area contributed by atoms with Crippen LogP contribution in [0, 0.1) is 0 Å². The summed E-state index contributed by atoms with van der Waals surface area (Å²) in [4.78, 5) is 3.87. The smallest absolute Gasteiger partial charge is 0.270 e. The average Bonchev–Trinajstić information content (AvgIpc) is 2.35. The molecule has 5 heteroatoms. The number of nitrogen functional groups attached to an aromatic ring is 1. The fraction of sp³-hybridized carbons (Fsp3) is 0.357. The van der Waals surface area contributed by atoms with Gasteiger partial charge < -0.3 is 5.73 Å². The summed E-state index contributed by atoms with van der Waals surface area (Å²) in [6.45, 7) is 4.42. The monoisotopic (exact) mass is 286 g/mol. The Morgan fingerprint density at radius 2 is 1.89 bits per heavy atom. The lowest BCUT2D eigenvalue weighted by Gasteiger charge is -2.15. The molecule has 104 valence electrons. The maximum atomic E-state index is 13.3. The van der Waals surface area contributed by atoms with Crippen LogP contribution in [0.5, 0.6) is 0 Å². The van der Waals surface area contributed by atoms with E-state index < -0.39 is 5.92 Å². The molecule has 1 aromatic rings. The first kappa shape index (κ1) is 15.6. The summed E-state index contributed by atoms with van der Waals surface area (Å²) in [7, 11) is 1.57. The molecule has 0 atom stereocenters. The molecule has 0 aliphatic heterocycles. The number of aliphatic imine (C=N–C) groups is 1. The van der Waals surface area contributed by atoms with Gasteiger partial charge in [-0.05, 0) is 37.1 Å². The summed E-state index contributed by atoms with van der Waals surface area (Å²) < 4.78 is 26.7. The van der Waals surface area contributed by atoms with Crippen LogP contribution in [0.2, 0.25) is 0 Å². The van der Waals surface area contributed by atoms with Crippen molar-refractivity contribution < 1.29 is 8.78 Å². The number of halogens is 3. The van der Waals surface area contributed by atoms with Crippen molar-refractivity contribution in [3.05, 3.63) is 34.9 Å². The molecule has 0 heterocycles. The fourth-order valence-electron chi connectivity index (χ4n) is 1.68. The van der Waals surface area contributed by atoms with E-state index in [1.807, 2.05) is 0 Å². The second kappa shape index (κ2) is 5.70. The van der Waals surface area contributed by atoms with Crippen LogP contribution < -0.4 is 5.73 Å². The Morgan fingerprint density at radius 1 is 1.32 bits per heavy atom. The van der Waals surface area contributed by atoms with Crippen molar-refractivity contribution >= 4 is 28.0 Å². The quantitative estimate of drug-likeness (QED) is 0.647. The van der Waals surface area contributed by atoms with Crippen LogP contribution in [0.15, 0.2) is 28.8 Å². The third-order valence-corrected chi connectivity index (χ3v) is 3.48. The van der Waals surface area contributed by atoms with E-state index in [0.717, 1.165) is 12.5 Å². The molecule has 0 aromatic heterocycles. The maximum Gasteiger partial charge on any atom is 0.270 e. The van der Waals surface area contributed by atoms with E-state index in [4.69, 9.17) is 17.3 Å². The summed E-state index contributed by atoms with van der Waals surface area (Å²) in [6.07, 6.45) is 0. The van der Waals surface area contributed by atoms with Crippen LogP contribution in [0.3, 0.4) is 0 Å². The van der Waals surface area contributed by atoms with Gasteiger partial charge in [0.15, 0.2) is 0 Å². The van der Waals surface area contributed by atoms with Gasteiger partial charge in [0.05, 0.1) is 0 Å². The zero-order valence-corrected chi connectivity index (χ0v) is 12.1. The molecule has 0 bridgehead atoms. The number of hydrogen-bond donors (Lipinski definition) is 1. The van der Waals surface area contributed by atoms with Crippen molar-refractivity contribution in [3.63, 3.8) is 0 Å². The van der Waals surface area contributed by atoms with E-state index in [-0.39, 0.29) is 5.56 Å². The predicted octanol–water partition coefficient (Wildman–Crippen LogP) is 4.44. The number of nitrogens with two attached hydrogens (primary N) is 1. The van der Waals surface area contributed by atoms with Gasteiger partial charge in [0.1, 0.15) is 5.17 Å². The van der Waals surface area contributed by atoms with Crippen molar-refractivity contribution in [2.24, 2.45) is 4.99 Å². The van der Waals surface area contributed by atoms with Gasteiger partial charge >= 0.3 is 0 Å². The highest BCUT2D eigenvalue weighted by molar-refractivity contribution is 6.70. The molecule has 1 rings (SSSR count). The number of rotatable bonds is 3. The molecule has 0 fully saturated rings. The zero-order valence-electron chi connectivity index (χ0n) is 11.4. The topological polar surface area (TPSA) is 38.4 Å². The van der Waals surface area contributed by atoms with Crippen LogP contribution in [0.1, 0.15) is 31.9 Å². The van der Waals surface area contributed by atoms with Gasteiger partial charge in [0, 0.05) is 30.8 Å². The SMILES string of the molecule is C/N=C(Cl)\C(C)=C(/C)c1cc(C(C)(F)F)ccc1N. The minimum atomic E-state index is -2.90. The third-order valence-electron chi connectivity index (χ3n) is 3.03. The van der Waals surface area contributed by atoms with E-state index in [9.17, 15) is 8.78 Å². The van der Waals surface area contributed by atoms with Crippen LogP contribution in [-0.4, -0.2) is 12.2 Å². The summed E-state index contributed by atoms with van der Waals surface area (Å²) in [5.74, 6) is -2.90. The Labute approximate surface area is 117 Å². The van der Waals surface area contributed by atoms with Gasteiger partial charge in [0.25, 0.3) is 5.92 Å². The fourth-order valence-corrected chi connectivity index (χ4v) is 1.82. The van der Waals surface area contributed by atoms with Crippen LogP contribution >= 0.6 is 11.6 Å². The zero-order chi connectivity index (χ0) is 14.8. The number of allylic oxidation sites excluding steroid dienone is 2. The molecule has 0 amide bonds. The van der Waals surface area contributed by atoms with Gasteiger partial charge in [-0.3, -0.25) is 4.99 Å². The van der Waals surface area contributed by atoms with Crippen LogP contribution in [0.4, 0.5) is 14.5 Å². The lowest BCUT2D eigenvalue weighted by atomic mass is 9.97. The maximum absolute atomic E-state index is 13.3. The molecule has 2 nitrogen and oxygen atoms in total. The minimum absolute atomic E-state index is 0.0755. The molecule has 0 aliphatic carbocycles. The Morgan fingerprint density at radius 3 is 2.37 bits per heavy atom. The van der Waals surface area contributed by atoms with E-state index in [1.54, 1.807) is 20.9 Å². The minimum Gasteiger partial charge on any atom is -0.398 e. The molecule has 0 unspecified atom stereocenters. The molecule has 0 aliphatic rings. The summed E-state index contributed by atoms with van der Waals surface area (Å²) in [5.41, 5.74) is 8.22. The molecule has 19 heavy (non-hydrogen) atoms. The van der Waals surface area contributed by atoms with Gasteiger partial charge in [-0.15, -0.1) is 0 Å². The summed E-state index contributed by atoms with van der Waals surface area (Å²) >= 11 is 5.95. The number of benzene rings is 1. The normalized spacial score (nSPS) is 14.4. The van der Waals surface area contributed by atoms with Gasteiger partial charge in [0.2, 0.25) is 0 Å². The largest absolute Gasteiger partial charge is 0.398 e. The van der Waals surface area contributed by atoms with Gasteiger partial charge in [-0.1, -0.05) is 17.7 Å². The Hall–Kier alpha value is -1.42. The number of alkyl halides is 2. The standard InChI is InChI=1S/C14H17ClF2N2/c1-8(9(2)13(15)19-4)11-7-10(14(3,16)17)5-6-12(11)18/h5-7H,18H2,1-4H3/b9-8+,19-13+. The van der Waals surface area contributed by atoms with Gasteiger partial charge in [-0.25, -0.2) is 8.78 Å². The third kappa shape index (κ3) is 3.53. The van der Waals surface area contributed by atoms with E-state index in [2.05, 4.69) is 4.99 Å². The first-order valence-electron chi connectivity index (χ1n) is 5.76. The van der Waals surface area contributed by atoms with E-state index in [1.165, 1.54) is 18.2 Å². The highest BCUT2D eigenvalue weighted by Gasteiger charge is 2.25. The molecule has 0 radical (unpaired) electrons. The van der Waals surface area contributed by atoms with Crippen molar-refractivity contribution in [3.8, 4) is 0 Å². The first-order valence-corrected chi connectivity index (χ1v) is 6.14. The molecular weight excluding hydrogens is 270 g/mol. The first-order chi connectivity index (χ1) is 8.68. The molecule has 0 saturated heterocycles. The lowest BCUT2D eigenvalue weighted by molar-refractivity contribution is 0.0175. The van der Waals surface area contributed by atoms with Crippen molar-refractivity contribution in [1.29, 1.82) is 0 Å². The van der Waals surface area contributed by atoms with Crippen LogP contribution in [-0.2, 0) is 5.92 Å². The van der Waals surface area contributed by atoms with E-state index >= 15 is 0 Å². The van der Waals surface area contributed by atoms with Gasteiger partial charge in [-0.2, -0.15) is 0 Å². The molecule has 0 saturated carbocycles. The number of nitrogens with zero attached hydrogens (tertiary/aromatic N) is 1.